The SMILES string of the molecule is COCCN1C(=O)C(=O)/C(=C(/O)c2cc(Cl)ccc2OC)C1c1ccc(Cl)c(Cl)c1. The summed E-state index contributed by atoms with van der Waals surface area (Å²) in [5, 5.41) is 12.0. The monoisotopic (exact) mass is 469 g/mol. The number of hydrogen-bond acceptors (Lipinski definition) is 5. The maximum atomic E-state index is 12.9. The summed E-state index contributed by atoms with van der Waals surface area (Å²) < 4.78 is 10.4. The van der Waals surface area contributed by atoms with Gasteiger partial charge in [0.25, 0.3) is 11.7 Å². The maximum Gasteiger partial charge on any atom is 0.295 e. The van der Waals surface area contributed by atoms with Gasteiger partial charge >= 0.3 is 0 Å². The van der Waals surface area contributed by atoms with Gasteiger partial charge in [-0.15, -0.1) is 0 Å². The molecule has 30 heavy (non-hydrogen) atoms. The van der Waals surface area contributed by atoms with Crippen LogP contribution >= 0.6 is 34.8 Å². The van der Waals surface area contributed by atoms with Crippen molar-refractivity contribution < 1.29 is 24.2 Å². The predicted molar refractivity (Wildman–Crippen MR) is 115 cm³/mol. The van der Waals surface area contributed by atoms with Crippen molar-refractivity contribution in [1.82, 2.24) is 4.90 Å². The second-order valence-corrected chi connectivity index (χ2v) is 7.75. The smallest absolute Gasteiger partial charge is 0.295 e. The Kier molecular flexibility index (Phi) is 6.93. The van der Waals surface area contributed by atoms with Gasteiger partial charge in [0.05, 0.1) is 40.9 Å². The molecule has 1 amide bonds. The molecular weight excluding hydrogens is 453 g/mol. The van der Waals surface area contributed by atoms with Crippen LogP contribution in [0.3, 0.4) is 0 Å². The molecule has 0 bridgehead atoms. The van der Waals surface area contributed by atoms with Crippen LogP contribution in [0.25, 0.3) is 5.76 Å². The van der Waals surface area contributed by atoms with E-state index in [4.69, 9.17) is 44.3 Å². The minimum absolute atomic E-state index is 0.102. The van der Waals surface area contributed by atoms with Crippen LogP contribution in [0, 0.1) is 0 Å². The summed E-state index contributed by atoms with van der Waals surface area (Å²) in [5.41, 5.74) is 0.608. The third-order valence-corrected chi connectivity index (χ3v) is 5.73. The first-order valence-electron chi connectivity index (χ1n) is 8.86. The van der Waals surface area contributed by atoms with E-state index in [0.717, 1.165) is 0 Å². The van der Waals surface area contributed by atoms with Gasteiger partial charge in [-0.25, -0.2) is 0 Å². The Hall–Kier alpha value is -2.25. The van der Waals surface area contributed by atoms with E-state index in [9.17, 15) is 14.7 Å². The molecule has 1 heterocycles. The molecule has 0 aliphatic carbocycles. The number of nitrogens with zero attached hydrogens (tertiary/aromatic N) is 1. The Morgan fingerprint density at radius 1 is 1.07 bits per heavy atom. The highest BCUT2D eigenvalue weighted by Crippen LogP contribution is 2.42. The van der Waals surface area contributed by atoms with Crippen molar-refractivity contribution >= 4 is 52.3 Å². The minimum Gasteiger partial charge on any atom is -0.507 e. The number of Topliss-reactive ketones (excluding diaryl/α,β-unsaturated/α-hetero) is 1. The molecule has 0 spiro atoms. The van der Waals surface area contributed by atoms with Crippen LogP contribution in [0.4, 0.5) is 0 Å². The zero-order chi connectivity index (χ0) is 22.0. The van der Waals surface area contributed by atoms with Gasteiger partial charge in [0.2, 0.25) is 0 Å². The zero-order valence-electron chi connectivity index (χ0n) is 16.1. The quantitative estimate of drug-likeness (QED) is 0.375. The lowest BCUT2D eigenvalue weighted by atomic mass is 9.95. The Morgan fingerprint density at radius 3 is 2.43 bits per heavy atom. The van der Waals surface area contributed by atoms with E-state index in [0.29, 0.717) is 21.4 Å². The van der Waals surface area contributed by atoms with Gasteiger partial charge in [0.15, 0.2) is 0 Å². The van der Waals surface area contributed by atoms with Crippen molar-refractivity contribution in [3.05, 3.63) is 68.2 Å². The number of halogens is 3. The normalized spacial score (nSPS) is 18.2. The molecule has 1 aliphatic rings. The third kappa shape index (κ3) is 4.14. The Balaban J connectivity index is 2.25. The number of ether oxygens (including phenoxy) is 2. The lowest BCUT2D eigenvalue weighted by Gasteiger charge is -2.25. The molecule has 1 atom stereocenters. The van der Waals surface area contributed by atoms with Crippen LogP contribution in [0.2, 0.25) is 15.1 Å². The van der Waals surface area contributed by atoms with Crippen molar-refractivity contribution in [3.63, 3.8) is 0 Å². The summed E-state index contributed by atoms with van der Waals surface area (Å²) in [7, 11) is 2.91. The van der Waals surface area contributed by atoms with Crippen LogP contribution in [-0.2, 0) is 14.3 Å². The topological polar surface area (TPSA) is 76.1 Å². The zero-order valence-corrected chi connectivity index (χ0v) is 18.4. The van der Waals surface area contributed by atoms with Gasteiger partial charge in [-0.2, -0.15) is 0 Å². The average Bonchev–Trinajstić information content (AvgIpc) is 2.98. The van der Waals surface area contributed by atoms with E-state index in [-0.39, 0.29) is 29.3 Å². The van der Waals surface area contributed by atoms with Crippen molar-refractivity contribution in [1.29, 1.82) is 0 Å². The van der Waals surface area contributed by atoms with Crippen LogP contribution in [0.1, 0.15) is 17.2 Å². The van der Waals surface area contributed by atoms with Crippen molar-refractivity contribution in [2.24, 2.45) is 0 Å². The largest absolute Gasteiger partial charge is 0.507 e. The van der Waals surface area contributed by atoms with Crippen molar-refractivity contribution in [2.75, 3.05) is 27.4 Å². The number of hydrogen-bond donors (Lipinski definition) is 1. The molecule has 2 aromatic rings. The van der Waals surface area contributed by atoms with Crippen LogP contribution in [0.15, 0.2) is 42.0 Å². The maximum absolute atomic E-state index is 12.9. The molecule has 1 aliphatic heterocycles. The summed E-state index contributed by atoms with van der Waals surface area (Å²) >= 11 is 18.3. The highest BCUT2D eigenvalue weighted by molar-refractivity contribution is 6.47. The second-order valence-electron chi connectivity index (χ2n) is 6.50. The number of likely N-dealkylation sites (tertiary alicyclic amines) is 1. The number of methoxy groups -OCH3 is 2. The summed E-state index contributed by atoms with van der Waals surface area (Å²) in [6.07, 6.45) is 0. The van der Waals surface area contributed by atoms with Gasteiger partial charge in [-0.05, 0) is 35.9 Å². The number of rotatable bonds is 6. The highest BCUT2D eigenvalue weighted by Gasteiger charge is 2.46. The fraction of sp³-hybridized carbons (Fsp3) is 0.238. The first-order valence-corrected chi connectivity index (χ1v) is 9.99. The molecule has 1 unspecified atom stereocenters. The fourth-order valence-corrected chi connectivity index (χ4v) is 3.82. The third-order valence-electron chi connectivity index (χ3n) is 4.75. The van der Waals surface area contributed by atoms with E-state index in [2.05, 4.69) is 0 Å². The van der Waals surface area contributed by atoms with Gasteiger partial charge in [0, 0.05) is 18.7 Å². The average molecular weight is 471 g/mol. The molecule has 2 aromatic carbocycles. The minimum atomic E-state index is -0.890. The molecule has 0 aromatic heterocycles. The van der Waals surface area contributed by atoms with Gasteiger partial charge in [-0.1, -0.05) is 40.9 Å². The molecule has 0 saturated carbocycles. The predicted octanol–water partition coefficient (Wildman–Crippen LogP) is 4.72. The number of aliphatic hydroxyl groups is 1. The number of amides is 1. The molecule has 1 N–H and O–H groups in total. The van der Waals surface area contributed by atoms with E-state index in [1.54, 1.807) is 30.3 Å². The second kappa shape index (κ2) is 9.27. The summed E-state index contributed by atoms with van der Waals surface area (Å²) in [6, 6.07) is 8.49. The molecule has 158 valence electrons. The highest BCUT2D eigenvalue weighted by atomic mass is 35.5. The fourth-order valence-electron chi connectivity index (χ4n) is 3.34. The molecule has 9 heteroatoms. The van der Waals surface area contributed by atoms with Crippen LogP contribution in [0.5, 0.6) is 5.75 Å². The Morgan fingerprint density at radius 2 is 1.80 bits per heavy atom. The van der Waals surface area contributed by atoms with Crippen LogP contribution < -0.4 is 4.74 Å². The van der Waals surface area contributed by atoms with E-state index in [1.807, 2.05) is 0 Å². The first-order chi connectivity index (χ1) is 14.3. The van der Waals surface area contributed by atoms with E-state index in [1.165, 1.54) is 25.2 Å². The number of ketones is 1. The number of aliphatic hydroxyl groups excluding tert-OH is 1. The molecule has 6 nitrogen and oxygen atoms in total. The molecule has 1 fully saturated rings. The number of benzene rings is 2. The van der Waals surface area contributed by atoms with Crippen molar-refractivity contribution in [3.8, 4) is 5.75 Å². The molecule has 1 saturated heterocycles. The standard InChI is InChI=1S/C21H18Cl3NO5/c1-29-8-7-25-18(11-3-5-14(23)15(24)9-11)17(20(27)21(25)28)19(26)13-10-12(22)4-6-16(13)30-2/h3-6,9-10,18,26H,7-8H2,1-2H3/b19-17+. The number of carbonyl (C=O) groups excluding carboxylic acids is 2. The number of carbonyl (C=O) groups is 2. The molecular formula is C21H18Cl3NO5. The molecule has 3 rings (SSSR count). The van der Waals surface area contributed by atoms with Crippen molar-refractivity contribution in [2.45, 2.75) is 6.04 Å². The van der Waals surface area contributed by atoms with E-state index >= 15 is 0 Å². The lowest BCUT2D eigenvalue weighted by Crippen LogP contribution is -2.32. The lowest BCUT2D eigenvalue weighted by molar-refractivity contribution is -0.140. The van der Waals surface area contributed by atoms with Gasteiger partial charge in [-0.3, -0.25) is 9.59 Å². The summed E-state index contributed by atoms with van der Waals surface area (Å²) in [5.74, 6) is -1.69. The van der Waals surface area contributed by atoms with Gasteiger partial charge in [0.1, 0.15) is 11.5 Å². The van der Waals surface area contributed by atoms with Gasteiger partial charge < -0.3 is 19.5 Å². The summed E-state index contributed by atoms with van der Waals surface area (Å²) in [4.78, 5) is 27.0. The molecule has 0 radical (unpaired) electrons. The Bertz CT molecular complexity index is 1040. The van der Waals surface area contributed by atoms with E-state index < -0.39 is 23.5 Å². The first kappa shape index (κ1) is 22.4. The Labute approximate surface area is 188 Å². The van der Waals surface area contributed by atoms with Crippen LogP contribution in [-0.4, -0.2) is 49.1 Å². The summed E-state index contributed by atoms with van der Waals surface area (Å²) in [6.45, 7) is 0.334.